The molecule has 18 heavy (non-hydrogen) atoms. The van der Waals surface area contributed by atoms with Crippen molar-refractivity contribution >= 4 is 11.2 Å². The number of rotatable bonds is 3. The Kier molecular flexibility index (Phi) is 3.08. The second-order valence-corrected chi connectivity index (χ2v) is 4.16. The van der Waals surface area contributed by atoms with Gasteiger partial charge in [0.2, 0.25) is 0 Å². The van der Waals surface area contributed by atoms with Gasteiger partial charge in [-0.2, -0.15) is 0 Å². The second kappa shape index (κ2) is 4.41. The molecule has 2 aromatic heterocycles. The van der Waals surface area contributed by atoms with E-state index >= 15 is 0 Å². The molecule has 0 spiro atoms. The van der Waals surface area contributed by atoms with E-state index in [0.29, 0.717) is 36.6 Å². The number of aryl methyl sites for hydroxylation is 2. The van der Waals surface area contributed by atoms with Gasteiger partial charge in [0.15, 0.2) is 11.2 Å². The highest BCUT2D eigenvalue weighted by Crippen LogP contribution is 2.09. The third-order valence-electron chi connectivity index (χ3n) is 3.09. The van der Waals surface area contributed by atoms with Crippen LogP contribution in [0.5, 0.6) is 0 Å². The lowest BCUT2D eigenvalue weighted by atomic mass is 10.4. The van der Waals surface area contributed by atoms with Crippen LogP contribution in [0.3, 0.4) is 0 Å². The van der Waals surface area contributed by atoms with Gasteiger partial charge < -0.3 is 10.3 Å². The quantitative estimate of drug-likeness (QED) is 0.772. The standard InChI is InChI=1S/C11H17N5O2/c1-4-15-10(17)8-9(14(3)11(15)18)13-7(2)16(8)6-5-12/h4-6,12H2,1-3H3. The summed E-state index contributed by atoms with van der Waals surface area (Å²) in [6, 6.07) is 0. The summed E-state index contributed by atoms with van der Waals surface area (Å²) in [4.78, 5) is 28.5. The molecule has 98 valence electrons. The Morgan fingerprint density at radius 2 is 1.94 bits per heavy atom. The average molecular weight is 251 g/mol. The van der Waals surface area contributed by atoms with Crippen LogP contribution in [0, 0.1) is 6.92 Å². The Bertz CT molecular complexity index is 707. The van der Waals surface area contributed by atoms with Crippen molar-refractivity contribution in [3.63, 3.8) is 0 Å². The van der Waals surface area contributed by atoms with Crippen molar-refractivity contribution < 1.29 is 0 Å². The summed E-state index contributed by atoms with van der Waals surface area (Å²) >= 11 is 0. The molecule has 0 unspecified atom stereocenters. The monoisotopic (exact) mass is 251 g/mol. The van der Waals surface area contributed by atoms with Gasteiger partial charge in [-0.3, -0.25) is 13.9 Å². The summed E-state index contributed by atoms with van der Waals surface area (Å²) in [6.07, 6.45) is 0. The van der Waals surface area contributed by atoms with E-state index in [1.807, 2.05) is 0 Å². The molecule has 0 fully saturated rings. The van der Waals surface area contributed by atoms with Gasteiger partial charge in [-0.15, -0.1) is 0 Å². The predicted octanol–water partition coefficient (Wildman–Crippen LogP) is -0.816. The first-order valence-corrected chi connectivity index (χ1v) is 5.89. The number of imidazole rings is 1. The zero-order chi connectivity index (χ0) is 13.4. The van der Waals surface area contributed by atoms with Crippen LogP contribution in [0.2, 0.25) is 0 Å². The van der Waals surface area contributed by atoms with Gasteiger partial charge >= 0.3 is 5.69 Å². The molecule has 2 N–H and O–H groups in total. The third-order valence-corrected chi connectivity index (χ3v) is 3.09. The van der Waals surface area contributed by atoms with Crippen molar-refractivity contribution in [1.29, 1.82) is 0 Å². The highest BCUT2D eigenvalue weighted by molar-refractivity contribution is 5.70. The lowest BCUT2D eigenvalue weighted by Crippen LogP contribution is -2.39. The van der Waals surface area contributed by atoms with E-state index in [-0.39, 0.29) is 11.2 Å². The van der Waals surface area contributed by atoms with Crippen LogP contribution >= 0.6 is 0 Å². The SMILES string of the molecule is CCn1c(=O)c2c(nc(C)n2CCN)n(C)c1=O. The fourth-order valence-corrected chi connectivity index (χ4v) is 2.16. The van der Waals surface area contributed by atoms with Gasteiger partial charge in [0.05, 0.1) is 0 Å². The lowest BCUT2D eigenvalue weighted by Gasteiger charge is -2.07. The summed E-state index contributed by atoms with van der Waals surface area (Å²) in [6.45, 7) is 4.84. The Balaban J connectivity index is 3.00. The zero-order valence-corrected chi connectivity index (χ0v) is 10.8. The highest BCUT2D eigenvalue weighted by atomic mass is 16.2. The molecule has 0 aliphatic heterocycles. The first kappa shape index (κ1) is 12.6. The van der Waals surface area contributed by atoms with Crippen LogP contribution in [-0.2, 0) is 20.1 Å². The third kappa shape index (κ3) is 1.59. The van der Waals surface area contributed by atoms with Crippen LogP contribution < -0.4 is 17.0 Å². The van der Waals surface area contributed by atoms with Crippen molar-refractivity contribution in [3.05, 3.63) is 26.7 Å². The molecule has 0 bridgehead atoms. The maximum atomic E-state index is 12.3. The number of hydrogen-bond donors (Lipinski definition) is 1. The minimum atomic E-state index is -0.340. The molecule has 0 radical (unpaired) electrons. The number of nitrogens with zero attached hydrogens (tertiary/aromatic N) is 4. The van der Waals surface area contributed by atoms with Gasteiger partial charge in [-0.05, 0) is 13.8 Å². The first-order valence-electron chi connectivity index (χ1n) is 5.89. The average Bonchev–Trinajstić information content (AvgIpc) is 2.66. The second-order valence-electron chi connectivity index (χ2n) is 4.16. The molecule has 7 nitrogen and oxygen atoms in total. The molecule has 0 amide bonds. The smallest absolute Gasteiger partial charge is 0.329 e. The van der Waals surface area contributed by atoms with E-state index in [9.17, 15) is 9.59 Å². The van der Waals surface area contributed by atoms with Crippen molar-refractivity contribution in [2.45, 2.75) is 26.9 Å². The highest BCUT2D eigenvalue weighted by Gasteiger charge is 2.17. The van der Waals surface area contributed by atoms with E-state index in [1.165, 1.54) is 9.13 Å². The van der Waals surface area contributed by atoms with Gasteiger partial charge in [0.1, 0.15) is 5.82 Å². The van der Waals surface area contributed by atoms with Crippen LogP contribution in [0.25, 0.3) is 11.2 Å². The van der Waals surface area contributed by atoms with Crippen LogP contribution in [-0.4, -0.2) is 25.2 Å². The molecule has 2 heterocycles. The van der Waals surface area contributed by atoms with Gasteiger partial charge in [0, 0.05) is 26.7 Å². The molecule has 0 aliphatic carbocycles. The van der Waals surface area contributed by atoms with Gasteiger partial charge in [-0.1, -0.05) is 0 Å². The Hall–Kier alpha value is -1.89. The molecular weight excluding hydrogens is 234 g/mol. The first-order chi connectivity index (χ1) is 8.52. The lowest BCUT2D eigenvalue weighted by molar-refractivity contribution is 0.630. The number of nitrogens with two attached hydrogens (primary N) is 1. The summed E-state index contributed by atoms with van der Waals surface area (Å²) in [5, 5.41) is 0. The van der Waals surface area contributed by atoms with Crippen molar-refractivity contribution in [1.82, 2.24) is 18.7 Å². The molecule has 0 aliphatic rings. The summed E-state index contributed by atoms with van der Waals surface area (Å²) in [7, 11) is 1.62. The van der Waals surface area contributed by atoms with Gasteiger partial charge in [0.25, 0.3) is 5.56 Å². The zero-order valence-electron chi connectivity index (χ0n) is 10.8. The molecule has 2 rings (SSSR count). The topological polar surface area (TPSA) is 87.8 Å². The Labute approximate surface area is 103 Å². The number of fused-ring (bicyclic) bond motifs is 1. The van der Waals surface area contributed by atoms with E-state index in [1.54, 1.807) is 25.5 Å². The maximum absolute atomic E-state index is 12.3. The van der Waals surface area contributed by atoms with E-state index in [0.717, 1.165) is 0 Å². The number of aromatic nitrogens is 4. The van der Waals surface area contributed by atoms with Crippen molar-refractivity contribution in [3.8, 4) is 0 Å². The van der Waals surface area contributed by atoms with Crippen molar-refractivity contribution in [2.24, 2.45) is 12.8 Å². The summed E-state index contributed by atoms with van der Waals surface area (Å²) < 4.78 is 4.37. The van der Waals surface area contributed by atoms with E-state index in [2.05, 4.69) is 4.98 Å². The number of hydrogen-bond acceptors (Lipinski definition) is 4. The van der Waals surface area contributed by atoms with E-state index in [4.69, 9.17) is 5.73 Å². The van der Waals surface area contributed by atoms with Crippen LogP contribution in [0.4, 0.5) is 0 Å². The molecule has 0 saturated carbocycles. The fraction of sp³-hybridized carbons (Fsp3) is 0.545. The molecule has 0 saturated heterocycles. The normalized spacial score (nSPS) is 11.3. The minimum Gasteiger partial charge on any atom is -0.329 e. The minimum absolute atomic E-state index is 0.301. The largest absolute Gasteiger partial charge is 0.332 e. The maximum Gasteiger partial charge on any atom is 0.332 e. The van der Waals surface area contributed by atoms with E-state index < -0.39 is 0 Å². The molecule has 0 atom stereocenters. The predicted molar refractivity (Wildman–Crippen MR) is 68.7 cm³/mol. The molecule has 2 aromatic rings. The Morgan fingerprint density at radius 1 is 1.28 bits per heavy atom. The van der Waals surface area contributed by atoms with Gasteiger partial charge in [-0.25, -0.2) is 9.78 Å². The molecule has 0 aromatic carbocycles. The molecular formula is C11H17N5O2. The summed E-state index contributed by atoms with van der Waals surface area (Å²) in [5.74, 6) is 0.691. The summed E-state index contributed by atoms with van der Waals surface area (Å²) in [5.41, 5.74) is 5.76. The fourth-order valence-electron chi connectivity index (χ4n) is 2.16. The molecule has 7 heteroatoms. The van der Waals surface area contributed by atoms with Crippen molar-refractivity contribution in [2.75, 3.05) is 6.54 Å². The Morgan fingerprint density at radius 3 is 2.50 bits per heavy atom. The van der Waals surface area contributed by atoms with Crippen LogP contribution in [0.1, 0.15) is 12.7 Å². The van der Waals surface area contributed by atoms with Crippen LogP contribution in [0.15, 0.2) is 9.59 Å².